The molecule has 0 spiro atoms. The van der Waals surface area contributed by atoms with Crippen molar-refractivity contribution in [1.82, 2.24) is 10.2 Å². The van der Waals surface area contributed by atoms with Crippen LogP contribution in [0.4, 0.5) is 4.39 Å². The molecule has 0 saturated carbocycles. The van der Waals surface area contributed by atoms with Crippen LogP contribution in [0.5, 0.6) is 5.75 Å². The van der Waals surface area contributed by atoms with E-state index in [0.29, 0.717) is 5.56 Å². The van der Waals surface area contributed by atoms with Gasteiger partial charge in [0.05, 0.1) is 6.04 Å². The number of hydrogen-bond donors (Lipinski definition) is 2. The molecular formula is C15H18Cl3FN2OS. The average Bonchev–Trinajstić information content (AvgIpc) is 3.03. The summed E-state index contributed by atoms with van der Waals surface area (Å²) in [5.41, 5.74) is 0.658. The number of nitrogens with one attached hydrogen (secondary N) is 1. The van der Waals surface area contributed by atoms with E-state index in [4.69, 9.17) is 11.6 Å². The van der Waals surface area contributed by atoms with Gasteiger partial charge in [-0.2, -0.15) is 0 Å². The molecule has 0 unspecified atom stereocenters. The third kappa shape index (κ3) is 4.29. The summed E-state index contributed by atoms with van der Waals surface area (Å²) in [5.74, 6) is -0.753. The summed E-state index contributed by atoms with van der Waals surface area (Å²) in [6, 6.07) is 6.87. The number of rotatable bonds is 3. The number of hydrogen-bond acceptors (Lipinski definition) is 4. The third-order valence-corrected chi connectivity index (χ3v) is 5.01. The van der Waals surface area contributed by atoms with Crippen LogP contribution in [-0.4, -0.2) is 36.2 Å². The van der Waals surface area contributed by atoms with Gasteiger partial charge in [-0.15, -0.1) is 36.2 Å². The first-order chi connectivity index (χ1) is 10.2. The van der Waals surface area contributed by atoms with Crippen LogP contribution in [0.1, 0.15) is 16.5 Å². The molecule has 1 aliphatic heterocycles. The van der Waals surface area contributed by atoms with Crippen molar-refractivity contribution in [2.45, 2.75) is 6.04 Å². The molecule has 0 radical (unpaired) electrons. The zero-order valence-electron chi connectivity index (χ0n) is 12.2. The van der Waals surface area contributed by atoms with E-state index in [1.54, 1.807) is 17.4 Å². The standard InChI is InChI=1S/C15H16ClFN2OS.2ClH/c16-13-11(17)4-3-10(15(13)20)14(12-2-1-9-21-12)19-7-5-18-6-8-19;;/h1-4,9,14,18,20H,5-8H2;2*1H/t14-;;/m1../s1. The van der Waals surface area contributed by atoms with Crippen molar-refractivity contribution in [3.63, 3.8) is 0 Å². The van der Waals surface area contributed by atoms with Gasteiger partial charge in [0.1, 0.15) is 16.6 Å². The Labute approximate surface area is 156 Å². The maximum Gasteiger partial charge on any atom is 0.145 e. The molecule has 1 aromatic carbocycles. The molecule has 0 aliphatic carbocycles. The highest BCUT2D eigenvalue weighted by Crippen LogP contribution is 2.40. The molecule has 8 heteroatoms. The van der Waals surface area contributed by atoms with Crippen LogP contribution in [0.2, 0.25) is 5.02 Å². The normalized spacial score (nSPS) is 16.3. The van der Waals surface area contributed by atoms with Crippen molar-refractivity contribution in [3.05, 3.63) is 50.9 Å². The number of piperazine rings is 1. The smallest absolute Gasteiger partial charge is 0.145 e. The number of phenols is 1. The molecule has 2 heterocycles. The monoisotopic (exact) mass is 398 g/mol. The van der Waals surface area contributed by atoms with Crippen LogP contribution >= 0.6 is 47.8 Å². The average molecular weight is 400 g/mol. The van der Waals surface area contributed by atoms with Gasteiger partial charge in [-0.25, -0.2) is 4.39 Å². The lowest BCUT2D eigenvalue weighted by atomic mass is 10.0. The predicted octanol–water partition coefficient (Wildman–Crippen LogP) is 4.08. The maximum absolute atomic E-state index is 13.5. The fourth-order valence-electron chi connectivity index (χ4n) is 2.69. The Balaban J connectivity index is 0.00000132. The molecule has 0 bridgehead atoms. The Bertz CT molecular complexity index is 621. The van der Waals surface area contributed by atoms with Gasteiger partial charge in [-0.1, -0.05) is 23.7 Å². The topological polar surface area (TPSA) is 35.5 Å². The fourth-order valence-corrected chi connectivity index (χ4v) is 3.74. The van der Waals surface area contributed by atoms with Crippen LogP contribution in [0.15, 0.2) is 29.6 Å². The van der Waals surface area contributed by atoms with E-state index >= 15 is 0 Å². The number of benzene rings is 1. The molecule has 0 amide bonds. The minimum atomic E-state index is -0.594. The highest BCUT2D eigenvalue weighted by Gasteiger charge is 2.28. The van der Waals surface area contributed by atoms with Crippen molar-refractivity contribution < 1.29 is 9.50 Å². The van der Waals surface area contributed by atoms with Gasteiger partial charge < -0.3 is 10.4 Å². The van der Waals surface area contributed by atoms with E-state index < -0.39 is 5.82 Å². The molecule has 23 heavy (non-hydrogen) atoms. The van der Waals surface area contributed by atoms with E-state index in [9.17, 15) is 9.50 Å². The first-order valence-corrected chi connectivity index (χ1v) is 8.09. The van der Waals surface area contributed by atoms with Crippen molar-refractivity contribution in [1.29, 1.82) is 0 Å². The van der Waals surface area contributed by atoms with Gasteiger partial charge in [-0.3, -0.25) is 4.90 Å². The molecule has 3 nitrogen and oxygen atoms in total. The van der Waals surface area contributed by atoms with Gasteiger partial charge in [0.25, 0.3) is 0 Å². The largest absolute Gasteiger partial charge is 0.506 e. The number of aromatic hydroxyl groups is 1. The van der Waals surface area contributed by atoms with E-state index in [2.05, 4.69) is 10.2 Å². The Morgan fingerprint density at radius 2 is 1.91 bits per heavy atom. The van der Waals surface area contributed by atoms with Crippen LogP contribution < -0.4 is 5.32 Å². The summed E-state index contributed by atoms with van der Waals surface area (Å²) >= 11 is 7.50. The van der Waals surface area contributed by atoms with Crippen molar-refractivity contribution in [3.8, 4) is 5.75 Å². The van der Waals surface area contributed by atoms with Crippen LogP contribution in [0.3, 0.4) is 0 Å². The van der Waals surface area contributed by atoms with Gasteiger partial charge in [-0.05, 0) is 17.5 Å². The van der Waals surface area contributed by atoms with E-state index in [0.717, 1.165) is 31.1 Å². The fraction of sp³-hybridized carbons (Fsp3) is 0.333. The lowest BCUT2D eigenvalue weighted by Gasteiger charge is -2.35. The van der Waals surface area contributed by atoms with Crippen molar-refractivity contribution >= 4 is 47.8 Å². The molecule has 2 aromatic rings. The summed E-state index contributed by atoms with van der Waals surface area (Å²) in [4.78, 5) is 3.40. The number of thiophene rings is 1. The van der Waals surface area contributed by atoms with Crippen molar-refractivity contribution in [2.75, 3.05) is 26.2 Å². The number of nitrogens with zero attached hydrogens (tertiary/aromatic N) is 1. The Kier molecular flexibility index (Phi) is 8.07. The van der Waals surface area contributed by atoms with Gasteiger partial charge in [0.2, 0.25) is 0 Å². The second kappa shape index (κ2) is 9.06. The van der Waals surface area contributed by atoms with E-state index in [-0.39, 0.29) is 41.6 Å². The minimum Gasteiger partial charge on any atom is -0.506 e. The van der Waals surface area contributed by atoms with E-state index in [1.165, 1.54) is 6.07 Å². The lowest BCUT2D eigenvalue weighted by molar-refractivity contribution is 0.198. The molecule has 2 N–H and O–H groups in total. The van der Waals surface area contributed by atoms with Crippen LogP contribution in [0.25, 0.3) is 0 Å². The lowest BCUT2D eigenvalue weighted by Crippen LogP contribution is -2.45. The molecular weight excluding hydrogens is 382 g/mol. The molecule has 1 fully saturated rings. The molecule has 1 atom stereocenters. The zero-order valence-corrected chi connectivity index (χ0v) is 15.4. The number of phenolic OH excluding ortho intramolecular Hbond substituents is 1. The van der Waals surface area contributed by atoms with Crippen molar-refractivity contribution in [2.24, 2.45) is 0 Å². The first-order valence-electron chi connectivity index (χ1n) is 6.83. The maximum atomic E-state index is 13.5. The summed E-state index contributed by atoms with van der Waals surface area (Å²) in [6.07, 6.45) is 0. The molecule has 1 aliphatic rings. The van der Waals surface area contributed by atoms with Crippen LogP contribution in [-0.2, 0) is 0 Å². The Hall–Kier alpha value is -0.560. The number of halogens is 4. The molecule has 128 valence electrons. The minimum absolute atomic E-state index is 0. The highest BCUT2D eigenvalue weighted by atomic mass is 35.5. The van der Waals surface area contributed by atoms with Gasteiger partial charge >= 0.3 is 0 Å². The second-order valence-corrected chi connectivity index (χ2v) is 6.36. The third-order valence-electron chi connectivity index (χ3n) is 3.72. The quantitative estimate of drug-likeness (QED) is 0.816. The predicted molar refractivity (Wildman–Crippen MR) is 98.2 cm³/mol. The first kappa shape index (κ1) is 20.5. The zero-order chi connectivity index (χ0) is 14.8. The molecule has 1 aromatic heterocycles. The summed E-state index contributed by atoms with van der Waals surface area (Å²) in [5, 5.41) is 15.4. The summed E-state index contributed by atoms with van der Waals surface area (Å²) in [6.45, 7) is 3.54. The summed E-state index contributed by atoms with van der Waals surface area (Å²) < 4.78 is 13.5. The van der Waals surface area contributed by atoms with Gasteiger partial charge in [0.15, 0.2) is 0 Å². The highest BCUT2D eigenvalue weighted by molar-refractivity contribution is 7.10. The SMILES string of the molecule is Cl.Cl.Oc1c([C@H](c2cccs2)N2CCNCC2)ccc(F)c1Cl. The van der Waals surface area contributed by atoms with E-state index in [1.807, 2.05) is 17.5 Å². The Morgan fingerprint density at radius 3 is 2.52 bits per heavy atom. The molecule has 1 saturated heterocycles. The Morgan fingerprint density at radius 1 is 1.22 bits per heavy atom. The second-order valence-electron chi connectivity index (χ2n) is 5.00. The van der Waals surface area contributed by atoms with Gasteiger partial charge in [0, 0.05) is 36.6 Å². The molecule has 3 rings (SSSR count). The van der Waals surface area contributed by atoms with Crippen LogP contribution in [0, 0.1) is 5.82 Å². The summed E-state index contributed by atoms with van der Waals surface area (Å²) in [7, 11) is 0.